The zero-order chi connectivity index (χ0) is 13.8. The van der Waals surface area contributed by atoms with Crippen LogP contribution in [0.2, 0.25) is 0 Å². The van der Waals surface area contributed by atoms with Crippen molar-refractivity contribution in [2.75, 3.05) is 23.9 Å². The summed E-state index contributed by atoms with van der Waals surface area (Å²) in [5.41, 5.74) is 7.61. The third-order valence-corrected chi connectivity index (χ3v) is 3.82. The summed E-state index contributed by atoms with van der Waals surface area (Å²) in [6.07, 6.45) is 2.27. The molecule has 102 valence electrons. The van der Waals surface area contributed by atoms with E-state index in [1.165, 1.54) is 0 Å². The van der Waals surface area contributed by atoms with Gasteiger partial charge in [0.2, 0.25) is 0 Å². The summed E-state index contributed by atoms with van der Waals surface area (Å²) in [5, 5.41) is 3.41. The largest absolute Gasteiger partial charge is 0.491 e. The van der Waals surface area contributed by atoms with Crippen LogP contribution in [-0.2, 0) is 0 Å². The van der Waals surface area contributed by atoms with Crippen molar-refractivity contribution in [1.82, 2.24) is 0 Å². The van der Waals surface area contributed by atoms with Crippen molar-refractivity contribution in [3.05, 3.63) is 18.2 Å². The van der Waals surface area contributed by atoms with Gasteiger partial charge < -0.3 is 15.8 Å². The van der Waals surface area contributed by atoms with Gasteiger partial charge in [0.05, 0.1) is 6.10 Å². The molecule has 0 amide bonds. The molecule has 0 aliphatic carbocycles. The molecule has 0 saturated heterocycles. The standard InChI is InChI=1S/C14H24N2OS/c1-10(2)17-13-7-11(15)6-12(8-13)16-9-14(3,4)18-5/h6-8,10,16H,9,15H2,1-5H3. The van der Waals surface area contributed by atoms with Crippen LogP contribution in [0.3, 0.4) is 0 Å². The molecule has 0 radical (unpaired) electrons. The molecule has 0 saturated carbocycles. The SMILES string of the molecule is CSC(C)(C)CNc1cc(N)cc(OC(C)C)c1. The highest BCUT2D eigenvalue weighted by Gasteiger charge is 2.15. The van der Waals surface area contributed by atoms with Crippen LogP contribution in [-0.4, -0.2) is 23.7 Å². The molecule has 18 heavy (non-hydrogen) atoms. The maximum atomic E-state index is 5.88. The van der Waals surface area contributed by atoms with Gasteiger partial charge in [-0.25, -0.2) is 0 Å². The lowest BCUT2D eigenvalue weighted by atomic mass is 10.2. The number of hydrogen-bond donors (Lipinski definition) is 2. The van der Waals surface area contributed by atoms with Crippen molar-refractivity contribution in [2.24, 2.45) is 0 Å². The van der Waals surface area contributed by atoms with Crippen LogP contribution < -0.4 is 15.8 Å². The van der Waals surface area contributed by atoms with E-state index >= 15 is 0 Å². The lowest BCUT2D eigenvalue weighted by Gasteiger charge is -2.23. The number of nitrogen functional groups attached to an aromatic ring is 1. The van der Waals surface area contributed by atoms with Gasteiger partial charge in [-0.1, -0.05) is 0 Å². The van der Waals surface area contributed by atoms with Crippen LogP contribution >= 0.6 is 11.8 Å². The van der Waals surface area contributed by atoms with Crippen molar-refractivity contribution >= 4 is 23.1 Å². The molecular weight excluding hydrogens is 244 g/mol. The zero-order valence-electron chi connectivity index (χ0n) is 11.9. The van der Waals surface area contributed by atoms with Crippen molar-refractivity contribution in [3.63, 3.8) is 0 Å². The third-order valence-electron chi connectivity index (χ3n) is 2.57. The number of benzene rings is 1. The van der Waals surface area contributed by atoms with Gasteiger partial charge in [-0.15, -0.1) is 0 Å². The Morgan fingerprint density at radius 3 is 2.56 bits per heavy atom. The van der Waals surface area contributed by atoms with E-state index in [1.807, 2.05) is 43.8 Å². The summed E-state index contributed by atoms with van der Waals surface area (Å²) in [4.78, 5) is 0. The molecule has 1 rings (SSSR count). The van der Waals surface area contributed by atoms with Gasteiger partial charge in [0, 0.05) is 34.8 Å². The molecule has 0 bridgehead atoms. The van der Waals surface area contributed by atoms with Gasteiger partial charge in [0.1, 0.15) is 5.75 Å². The molecule has 1 aromatic carbocycles. The minimum absolute atomic E-state index is 0.155. The molecule has 0 aliphatic rings. The number of nitrogens with two attached hydrogens (primary N) is 1. The lowest BCUT2D eigenvalue weighted by Crippen LogP contribution is -2.25. The number of ether oxygens (including phenoxy) is 1. The number of thioether (sulfide) groups is 1. The highest BCUT2D eigenvalue weighted by molar-refractivity contribution is 7.99. The predicted molar refractivity (Wildman–Crippen MR) is 82.7 cm³/mol. The van der Waals surface area contributed by atoms with E-state index in [1.54, 1.807) is 0 Å². The fourth-order valence-electron chi connectivity index (χ4n) is 1.45. The molecule has 3 N–H and O–H groups in total. The quantitative estimate of drug-likeness (QED) is 0.774. The summed E-state index contributed by atoms with van der Waals surface area (Å²) in [7, 11) is 0. The lowest BCUT2D eigenvalue weighted by molar-refractivity contribution is 0.242. The molecule has 4 heteroatoms. The first kappa shape index (κ1) is 15.0. The van der Waals surface area contributed by atoms with E-state index < -0.39 is 0 Å². The minimum Gasteiger partial charge on any atom is -0.491 e. The molecule has 1 aromatic rings. The summed E-state index contributed by atoms with van der Waals surface area (Å²) < 4.78 is 5.87. The Hall–Kier alpha value is -1.03. The number of anilines is 2. The molecule has 0 fully saturated rings. The van der Waals surface area contributed by atoms with Gasteiger partial charge in [-0.3, -0.25) is 0 Å². The number of nitrogens with one attached hydrogen (secondary N) is 1. The molecule has 0 aromatic heterocycles. The van der Waals surface area contributed by atoms with Crippen molar-refractivity contribution in [2.45, 2.75) is 38.5 Å². The smallest absolute Gasteiger partial charge is 0.123 e. The average molecular weight is 268 g/mol. The monoisotopic (exact) mass is 268 g/mol. The molecule has 0 spiro atoms. The van der Waals surface area contributed by atoms with Gasteiger partial charge in [0.15, 0.2) is 0 Å². The summed E-state index contributed by atoms with van der Waals surface area (Å²) in [6, 6.07) is 5.78. The van der Waals surface area contributed by atoms with Crippen LogP contribution in [0.5, 0.6) is 5.75 Å². The maximum Gasteiger partial charge on any atom is 0.123 e. The van der Waals surface area contributed by atoms with Crippen molar-refractivity contribution < 1.29 is 4.74 Å². The molecule has 0 aliphatic heterocycles. The molecule has 3 nitrogen and oxygen atoms in total. The highest BCUT2D eigenvalue weighted by Crippen LogP contribution is 2.26. The minimum atomic E-state index is 0.155. The second-order valence-electron chi connectivity index (χ2n) is 5.27. The number of hydrogen-bond acceptors (Lipinski definition) is 4. The predicted octanol–water partition coefficient (Wildman–Crippen LogP) is 3.61. The summed E-state index contributed by atoms with van der Waals surface area (Å²) in [5.74, 6) is 0.814. The van der Waals surface area contributed by atoms with Crippen LogP contribution in [0.25, 0.3) is 0 Å². The summed E-state index contributed by atoms with van der Waals surface area (Å²) >= 11 is 1.84. The Kier molecular flexibility index (Phi) is 5.20. The van der Waals surface area contributed by atoms with E-state index in [0.29, 0.717) is 0 Å². The summed E-state index contributed by atoms with van der Waals surface area (Å²) in [6.45, 7) is 9.32. The fourth-order valence-corrected chi connectivity index (χ4v) is 1.67. The van der Waals surface area contributed by atoms with Crippen LogP contribution in [0.4, 0.5) is 11.4 Å². The zero-order valence-corrected chi connectivity index (χ0v) is 12.7. The first-order valence-electron chi connectivity index (χ1n) is 6.18. The van der Waals surface area contributed by atoms with Gasteiger partial charge in [0.25, 0.3) is 0 Å². The second-order valence-corrected chi connectivity index (χ2v) is 6.79. The van der Waals surface area contributed by atoms with E-state index in [9.17, 15) is 0 Å². The van der Waals surface area contributed by atoms with E-state index in [-0.39, 0.29) is 10.9 Å². The van der Waals surface area contributed by atoms with Crippen LogP contribution in [0.1, 0.15) is 27.7 Å². The Labute approximate surface area is 114 Å². The number of rotatable bonds is 6. The molecule has 0 atom stereocenters. The highest BCUT2D eigenvalue weighted by atomic mass is 32.2. The maximum absolute atomic E-state index is 5.88. The first-order valence-corrected chi connectivity index (χ1v) is 7.41. The van der Waals surface area contributed by atoms with Gasteiger partial charge in [-0.05, 0) is 40.0 Å². The normalized spacial score (nSPS) is 11.7. The second kappa shape index (κ2) is 6.23. The molecule has 0 heterocycles. The van der Waals surface area contributed by atoms with Crippen LogP contribution in [0, 0.1) is 0 Å². The Morgan fingerprint density at radius 1 is 1.33 bits per heavy atom. The Bertz CT molecular complexity index is 391. The van der Waals surface area contributed by atoms with E-state index in [4.69, 9.17) is 10.5 Å². The third kappa shape index (κ3) is 5.08. The molecule has 0 unspecified atom stereocenters. The molecular formula is C14H24N2OS. The van der Waals surface area contributed by atoms with E-state index in [2.05, 4.69) is 25.4 Å². The van der Waals surface area contributed by atoms with Crippen molar-refractivity contribution in [3.8, 4) is 5.75 Å². The first-order chi connectivity index (χ1) is 8.32. The topological polar surface area (TPSA) is 47.3 Å². The fraction of sp³-hybridized carbons (Fsp3) is 0.571. The van der Waals surface area contributed by atoms with Gasteiger partial charge >= 0.3 is 0 Å². The van der Waals surface area contributed by atoms with Crippen LogP contribution in [0.15, 0.2) is 18.2 Å². The van der Waals surface area contributed by atoms with Crippen molar-refractivity contribution in [1.29, 1.82) is 0 Å². The Morgan fingerprint density at radius 2 is 2.00 bits per heavy atom. The average Bonchev–Trinajstić information content (AvgIpc) is 2.25. The van der Waals surface area contributed by atoms with Gasteiger partial charge in [-0.2, -0.15) is 11.8 Å². The Balaban J connectivity index is 2.74. The van der Waals surface area contributed by atoms with E-state index in [0.717, 1.165) is 23.7 Å².